The molecule has 0 bridgehead atoms. The molecule has 4 rings (SSSR count). The standard InChI is InChI=1S/C19H21N5O.2C2HF3O2/c1-22(2)11-17-14-10-24(12-18(14)23(3)21-17)19(25)16-9-8-13-6-4-5-7-15(13)20-16;2*3-2(4,5)1(6)7/h4-9H,10-12H2,1-3H3;2*(H,6,7). The quantitative estimate of drug-likeness (QED) is 0.464. The molecule has 3 aromatic rings. The summed E-state index contributed by atoms with van der Waals surface area (Å²) in [6, 6.07) is 11.6. The number of para-hydroxylation sites is 1. The summed E-state index contributed by atoms with van der Waals surface area (Å²) >= 11 is 0. The Morgan fingerprint density at radius 3 is 1.97 bits per heavy atom. The zero-order valence-electron chi connectivity index (χ0n) is 20.7. The Hall–Kier alpha value is -4.21. The number of carbonyl (C=O) groups is 3. The van der Waals surface area contributed by atoms with Gasteiger partial charge in [0.2, 0.25) is 0 Å². The predicted molar refractivity (Wildman–Crippen MR) is 123 cm³/mol. The van der Waals surface area contributed by atoms with Crippen molar-refractivity contribution < 1.29 is 50.9 Å². The summed E-state index contributed by atoms with van der Waals surface area (Å²) in [4.78, 5) is 39.2. The van der Waals surface area contributed by atoms with E-state index in [9.17, 15) is 31.1 Å². The minimum Gasteiger partial charge on any atom is -0.475 e. The first-order valence-corrected chi connectivity index (χ1v) is 10.9. The predicted octanol–water partition coefficient (Wildman–Crippen LogP) is 3.45. The fourth-order valence-electron chi connectivity index (χ4n) is 3.39. The molecule has 0 fully saturated rings. The van der Waals surface area contributed by atoms with Gasteiger partial charge in [0.05, 0.1) is 30.0 Å². The normalized spacial score (nSPS) is 12.8. The molecule has 2 N–H and O–H groups in total. The van der Waals surface area contributed by atoms with Gasteiger partial charge < -0.3 is 20.0 Å². The van der Waals surface area contributed by atoms with Crippen molar-refractivity contribution in [3.8, 4) is 0 Å². The van der Waals surface area contributed by atoms with Crippen LogP contribution in [0, 0.1) is 0 Å². The van der Waals surface area contributed by atoms with Crippen molar-refractivity contribution in [3.63, 3.8) is 0 Å². The van der Waals surface area contributed by atoms with E-state index in [1.807, 2.05) is 67.1 Å². The number of halogens is 6. The average Bonchev–Trinajstić information content (AvgIpc) is 3.38. The second-order valence-corrected chi connectivity index (χ2v) is 8.39. The average molecular weight is 563 g/mol. The number of hydrogen-bond acceptors (Lipinski definition) is 6. The van der Waals surface area contributed by atoms with Crippen molar-refractivity contribution in [2.45, 2.75) is 32.0 Å². The van der Waals surface area contributed by atoms with Crippen molar-refractivity contribution in [2.24, 2.45) is 7.05 Å². The monoisotopic (exact) mass is 563 g/mol. The van der Waals surface area contributed by atoms with E-state index in [2.05, 4.69) is 15.0 Å². The number of carboxylic acids is 2. The fourth-order valence-corrected chi connectivity index (χ4v) is 3.39. The summed E-state index contributed by atoms with van der Waals surface area (Å²) in [5.74, 6) is -5.54. The molecule has 10 nitrogen and oxygen atoms in total. The molecule has 1 aliphatic heterocycles. The minimum atomic E-state index is -5.08. The molecule has 0 saturated heterocycles. The van der Waals surface area contributed by atoms with E-state index in [0.29, 0.717) is 18.8 Å². The van der Waals surface area contributed by atoms with Gasteiger partial charge in [0.15, 0.2) is 0 Å². The van der Waals surface area contributed by atoms with E-state index >= 15 is 0 Å². The second kappa shape index (κ2) is 12.1. The number of rotatable bonds is 3. The van der Waals surface area contributed by atoms with Gasteiger partial charge in [0.25, 0.3) is 5.91 Å². The van der Waals surface area contributed by atoms with Crippen LogP contribution in [0.3, 0.4) is 0 Å². The van der Waals surface area contributed by atoms with Crippen molar-refractivity contribution in [2.75, 3.05) is 14.1 Å². The molecule has 1 aromatic carbocycles. The molecule has 0 aliphatic carbocycles. The Morgan fingerprint density at radius 1 is 0.923 bits per heavy atom. The smallest absolute Gasteiger partial charge is 0.475 e. The number of benzene rings is 1. The van der Waals surface area contributed by atoms with Crippen molar-refractivity contribution >= 4 is 28.7 Å². The van der Waals surface area contributed by atoms with E-state index in [4.69, 9.17) is 19.8 Å². The highest BCUT2D eigenvalue weighted by molar-refractivity contribution is 5.95. The molecule has 3 heterocycles. The molecule has 0 unspecified atom stereocenters. The number of amides is 1. The second-order valence-electron chi connectivity index (χ2n) is 8.39. The van der Waals surface area contributed by atoms with Crippen LogP contribution >= 0.6 is 0 Å². The van der Waals surface area contributed by atoms with Crippen LogP contribution in [0.2, 0.25) is 0 Å². The highest BCUT2D eigenvalue weighted by Gasteiger charge is 2.39. The van der Waals surface area contributed by atoms with E-state index in [-0.39, 0.29) is 5.91 Å². The van der Waals surface area contributed by atoms with Gasteiger partial charge in [0, 0.05) is 24.5 Å². The molecular weight excluding hydrogens is 540 g/mol. The van der Waals surface area contributed by atoms with Crippen molar-refractivity contribution in [1.82, 2.24) is 24.6 Å². The highest BCUT2D eigenvalue weighted by Crippen LogP contribution is 2.27. The first-order valence-electron chi connectivity index (χ1n) is 10.9. The number of carboxylic acid groups (broad SMARTS) is 2. The van der Waals surface area contributed by atoms with Crippen LogP contribution in [-0.4, -0.2) is 79.1 Å². The van der Waals surface area contributed by atoms with Crippen molar-refractivity contribution in [1.29, 1.82) is 0 Å². The van der Waals surface area contributed by atoms with Crippen LogP contribution in [0.25, 0.3) is 10.9 Å². The third-order valence-electron chi connectivity index (χ3n) is 5.10. The summed E-state index contributed by atoms with van der Waals surface area (Å²) in [5.41, 5.74) is 4.68. The van der Waals surface area contributed by atoms with Gasteiger partial charge in [-0.1, -0.05) is 24.3 Å². The topological polar surface area (TPSA) is 129 Å². The van der Waals surface area contributed by atoms with Crippen LogP contribution in [0.1, 0.15) is 27.4 Å². The van der Waals surface area contributed by atoms with E-state index in [1.54, 1.807) is 0 Å². The maximum Gasteiger partial charge on any atom is 0.490 e. The van der Waals surface area contributed by atoms with E-state index in [0.717, 1.165) is 28.8 Å². The van der Waals surface area contributed by atoms with Crippen molar-refractivity contribution in [3.05, 3.63) is 59.0 Å². The number of aryl methyl sites for hydroxylation is 1. The van der Waals surface area contributed by atoms with E-state index in [1.165, 1.54) is 5.56 Å². The maximum absolute atomic E-state index is 12.9. The number of aromatic nitrogens is 3. The Bertz CT molecular complexity index is 1330. The first kappa shape index (κ1) is 31.0. The Labute approximate surface area is 217 Å². The Balaban J connectivity index is 0.000000317. The summed E-state index contributed by atoms with van der Waals surface area (Å²) < 4.78 is 65.4. The third kappa shape index (κ3) is 8.39. The molecular formula is C23H23F6N5O5. The number of alkyl halides is 6. The maximum atomic E-state index is 12.9. The van der Waals surface area contributed by atoms with Crippen LogP contribution in [-0.2, 0) is 36.3 Å². The lowest BCUT2D eigenvalue weighted by molar-refractivity contribution is -0.193. The SMILES string of the molecule is CN(C)Cc1nn(C)c2c1CN(C(=O)c1ccc3ccccc3n1)C2.O=C(O)C(F)(F)F.O=C(O)C(F)(F)F. The number of carbonyl (C=O) groups excluding carboxylic acids is 1. The summed E-state index contributed by atoms with van der Waals surface area (Å²) in [6.07, 6.45) is -10.2. The Morgan fingerprint density at radius 2 is 1.46 bits per heavy atom. The Kier molecular flexibility index (Phi) is 9.62. The zero-order chi connectivity index (χ0) is 29.7. The number of fused-ring (bicyclic) bond motifs is 2. The van der Waals surface area contributed by atoms with Gasteiger partial charge in [0.1, 0.15) is 5.69 Å². The van der Waals surface area contributed by atoms with Crippen LogP contribution in [0.15, 0.2) is 36.4 Å². The van der Waals surface area contributed by atoms with Gasteiger partial charge >= 0.3 is 24.3 Å². The zero-order valence-corrected chi connectivity index (χ0v) is 20.7. The molecule has 0 saturated carbocycles. The molecule has 0 spiro atoms. The van der Waals surface area contributed by atoms with E-state index < -0.39 is 24.3 Å². The number of pyridine rings is 1. The summed E-state index contributed by atoms with van der Waals surface area (Å²) in [7, 11) is 6.00. The summed E-state index contributed by atoms with van der Waals surface area (Å²) in [5, 5.41) is 19.9. The number of nitrogens with zero attached hydrogens (tertiary/aromatic N) is 5. The van der Waals surface area contributed by atoms with Crippen LogP contribution < -0.4 is 0 Å². The van der Waals surface area contributed by atoms with Gasteiger partial charge in [-0.2, -0.15) is 31.4 Å². The lowest BCUT2D eigenvalue weighted by Gasteiger charge is -2.16. The van der Waals surface area contributed by atoms with Crippen LogP contribution in [0.4, 0.5) is 26.3 Å². The van der Waals surface area contributed by atoms with Gasteiger partial charge in [-0.15, -0.1) is 0 Å². The van der Waals surface area contributed by atoms with Gasteiger partial charge in [-0.25, -0.2) is 14.6 Å². The fraction of sp³-hybridized carbons (Fsp3) is 0.348. The summed E-state index contributed by atoms with van der Waals surface area (Å²) in [6.45, 7) is 1.96. The lowest BCUT2D eigenvalue weighted by Crippen LogP contribution is -2.27. The molecule has 0 atom stereocenters. The molecule has 2 aromatic heterocycles. The van der Waals surface area contributed by atoms with Gasteiger partial charge in [-0.05, 0) is 26.2 Å². The van der Waals surface area contributed by atoms with Gasteiger partial charge in [-0.3, -0.25) is 9.48 Å². The largest absolute Gasteiger partial charge is 0.490 e. The lowest BCUT2D eigenvalue weighted by atomic mass is 10.2. The molecule has 1 amide bonds. The molecule has 16 heteroatoms. The number of hydrogen-bond donors (Lipinski definition) is 2. The van der Waals surface area contributed by atoms with Crippen LogP contribution in [0.5, 0.6) is 0 Å². The molecule has 39 heavy (non-hydrogen) atoms. The highest BCUT2D eigenvalue weighted by atomic mass is 19.4. The first-order chi connectivity index (χ1) is 17.9. The molecule has 0 radical (unpaired) electrons. The third-order valence-corrected chi connectivity index (χ3v) is 5.10. The molecule has 212 valence electrons. The minimum absolute atomic E-state index is 0.0299. The number of aliphatic carboxylic acids is 2. The molecule has 1 aliphatic rings.